The molecule has 0 fully saturated rings. The maximum Gasteiger partial charge on any atom is 0.295 e. The molecule has 0 saturated carbocycles. The fourth-order valence-electron chi connectivity index (χ4n) is 2.12. The van der Waals surface area contributed by atoms with E-state index < -0.39 is 0 Å². The first-order chi connectivity index (χ1) is 10.6. The maximum absolute atomic E-state index is 12.3. The molecular formula is C15H15N5OS. The normalized spacial score (nSPS) is 10.9. The van der Waals surface area contributed by atoms with Crippen LogP contribution in [-0.4, -0.2) is 31.7 Å². The van der Waals surface area contributed by atoms with Crippen molar-refractivity contribution in [2.24, 2.45) is 0 Å². The van der Waals surface area contributed by atoms with Gasteiger partial charge in [-0.25, -0.2) is 9.50 Å². The topological polar surface area (TPSA) is 72.2 Å². The highest BCUT2D eigenvalue weighted by Crippen LogP contribution is 2.17. The highest BCUT2D eigenvalue weighted by Gasteiger charge is 2.15. The highest BCUT2D eigenvalue weighted by atomic mass is 32.2. The van der Waals surface area contributed by atoms with Gasteiger partial charge < -0.3 is 5.32 Å². The zero-order valence-corrected chi connectivity index (χ0v) is 13.3. The number of nitrogens with one attached hydrogen (secondary N) is 1. The Kier molecular flexibility index (Phi) is 3.81. The van der Waals surface area contributed by atoms with Crippen LogP contribution in [0.3, 0.4) is 0 Å². The molecule has 0 atom stereocenters. The lowest BCUT2D eigenvalue weighted by molar-refractivity contribution is 0.101. The smallest absolute Gasteiger partial charge is 0.295 e. The number of carbonyl (C=O) groups is 1. The Labute approximate surface area is 132 Å². The highest BCUT2D eigenvalue weighted by molar-refractivity contribution is 7.98. The van der Waals surface area contributed by atoms with Gasteiger partial charge in [0.1, 0.15) is 0 Å². The Bertz CT molecular complexity index is 841. The SMILES string of the molecule is CSc1ccc(NC(=O)c2nc3nc(C)cc(C)n3n2)cc1. The van der Waals surface area contributed by atoms with Gasteiger partial charge in [0.2, 0.25) is 5.82 Å². The first kappa shape index (κ1) is 14.5. The van der Waals surface area contributed by atoms with Crippen molar-refractivity contribution in [3.63, 3.8) is 0 Å². The lowest BCUT2D eigenvalue weighted by atomic mass is 10.3. The summed E-state index contributed by atoms with van der Waals surface area (Å²) in [6, 6.07) is 9.50. The van der Waals surface area contributed by atoms with Crippen molar-refractivity contribution >= 4 is 29.1 Å². The lowest BCUT2D eigenvalue weighted by Crippen LogP contribution is -2.14. The van der Waals surface area contributed by atoms with Crippen molar-refractivity contribution in [3.8, 4) is 0 Å². The number of anilines is 1. The first-order valence-electron chi connectivity index (χ1n) is 6.73. The molecule has 0 spiro atoms. The third-order valence-corrected chi connectivity index (χ3v) is 3.91. The molecule has 3 rings (SSSR count). The number of aryl methyl sites for hydroxylation is 2. The molecule has 0 saturated heterocycles. The van der Waals surface area contributed by atoms with E-state index in [-0.39, 0.29) is 11.7 Å². The molecule has 2 heterocycles. The quantitative estimate of drug-likeness (QED) is 0.753. The van der Waals surface area contributed by atoms with Crippen LogP contribution in [0.15, 0.2) is 35.2 Å². The Morgan fingerprint density at radius 1 is 1.18 bits per heavy atom. The van der Waals surface area contributed by atoms with Crippen LogP contribution in [0.25, 0.3) is 5.78 Å². The zero-order valence-electron chi connectivity index (χ0n) is 12.5. The molecule has 0 aliphatic carbocycles. The summed E-state index contributed by atoms with van der Waals surface area (Å²) >= 11 is 1.65. The zero-order chi connectivity index (χ0) is 15.7. The summed E-state index contributed by atoms with van der Waals surface area (Å²) in [6.45, 7) is 3.79. The third-order valence-electron chi connectivity index (χ3n) is 3.17. The molecule has 112 valence electrons. The van der Waals surface area contributed by atoms with Crippen molar-refractivity contribution in [3.05, 3.63) is 47.5 Å². The van der Waals surface area contributed by atoms with Crippen molar-refractivity contribution in [1.29, 1.82) is 0 Å². The Balaban J connectivity index is 1.86. The molecule has 0 radical (unpaired) electrons. The minimum Gasteiger partial charge on any atom is -0.319 e. The van der Waals surface area contributed by atoms with Gasteiger partial charge in [0.05, 0.1) is 0 Å². The van der Waals surface area contributed by atoms with Crippen LogP contribution in [0.1, 0.15) is 22.0 Å². The van der Waals surface area contributed by atoms with Gasteiger partial charge >= 0.3 is 0 Å². The number of thioether (sulfide) groups is 1. The first-order valence-corrected chi connectivity index (χ1v) is 7.96. The molecule has 7 heteroatoms. The fraction of sp³-hybridized carbons (Fsp3) is 0.200. The predicted molar refractivity (Wildman–Crippen MR) is 86.4 cm³/mol. The predicted octanol–water partition coefficient (Wildman–Crippen LogP) is 2.72. The minimum atomic E-state index is -0.348. The van der Waals surface area contributed by atoms with E-state index >= 15 is 0 Å². The van der Waals surface area contributed by atoms with Gasteiger partial charge in [-0.1, -0.05) is 0 Å². The van der Waals surface area contributed by atoms with E-state index in [4.69, 9.17) is 0 Å². The van der Waals surface area contributed by atoms with Gasteiger partial charge in [-0.2, -0.15) is 4.98 Å². The molecule has 1 N–H and O–H groups in total. The number of hydrogen-bond acceptors (Lipinski definition) is 5. The van der Waals surface area contributed by atoms with E-state index in [2.05, 4.69) is 20.4 Å². The molecule has 0 aliphatic heterocycles. The molecule has 0 aliphatic rings. The standard InChI is InChI=1S/C15H15N5OS/c1-9-8-10(2)20-15(16-9)18-13(19-20)14(21)17-11-4-6-12(22-3)7-5-11/h4-8H,1-3H3,(H,17,21). The van der Waals surface area contributed by atoms with E-state index in [9.17, 15) is 4.79 Å². The van der Waals surface area contributed by atoms with Gasteiger partial charge in [0, 0.05) is 22.0 Å². The largest absolute Gasteiger partial charge is 0.319 e. The van der Waals surface area contributed by atoms with Crippen LogP contribution in [0, 0.1) is 13.8 Å². The molecule has 3 aromatic rings. The van der Waals surface area contributed by atoms with E-state index in [1.54, 1.807) is 16.3 Å². The van der Waals surface area contributed by atoms with Crippen molar-refractivity contribution in [1.82, 2.24) is 19.6 Å². The number of carbonyl (C=O) groups excluding carboxylic acids is 1. The van der Waals surface area contributed by atoms with Crippen molar-refractivity contribution in [2.45, 2.75) is 18.7 Å². The molecule has 22 heavy (non-hydrogen) atoms. The third kappa shape index (κ3) is 2.80. The summed E-state index contributed by atoms with van der Waals surface area (Å²) < 4.78 is 1.57. The molecule has 0 bridgehead atoms. The minimum absolute atomic E-state index is 0.107. The number of benzene rings is 1. The van der Waals surface area contributed by atoms with Crippen LogP contribution < -0.4 is 5.32 Å². The number of amides is 1. The average molecular weight is 313 g/mol. The Morgan fingerprint density at radius 3 is 2.59 bits per heavy atom. The average Bonchev–Trinajstić information content (AvgIpc) is 2.92. The summed E-state index contributed by atoms with van der Waals surface area (Å²) in [5, 5.41) is 7.00. The number of fused-ring (bicyclic) bond motifs is 1. The lowest BCUT2D eigenvalue weighted by Gasteiger charge is -2.03. The second-order valence-electron chi connectivity index (χ2n) is 4.87. The van der Waals surface area contributed by atoms with Crippen LogP contribution in [0.5, 0.6) is 0 Å². The number of rotatable bonds is 3. The van der Waals surface area contributed by atoms with E-state index in [0.29, 0.717) is 11.5 Å². The number of nitrogens with zero attached hydrogens (tertiary/aromatic N) is 4. The molecule has 1 amide bonds. The maximum atomic E-state index is 12.3. The number of hydrogen-bond donors (Lipinski definition) is 1. The van der Waals surface area contributed by atoms with Gasteiger partial charge in [-0.3, -0.25) is 4.79 Å². The van der Waals surface area contributed by atoms with E-state index in [0.717, 1.165) is 16.3 Å². The van der Waals surface area contributed by atoms with E-state index in [1.165, 1.54) is 0 Å². The monoisotopic (exact) mass is 313 g/mol. The van der Waals surface area contributed by atoms with Gasteiger partial charge in [-0.15, -0.1) is 16.9 Å². The summed E-state index contributed by atoms with van der Waals surface area (Å²) in [6.07, 6.45) is 2.01. The molecule has 6 nitrogen and oxygen atoms in total. The summed E-state index contributed by atoms with van der Waals surface area (Å²) in [4.78, 5) is 21.9. The summed E-state index contributed by atoms with van der Waals surface area (Å²) in [7, 11) is 0. The van der Waals surface area contributed by atoms with Crippen LogP contribution in [0.4, 0.5) is 5.69 Å². The summed E-state index contributed by atoms with van der Waals surface area (Å²) in [5.41, 5.74) is 2.44. The molecule has 2 aromatic heterocycles. The van der Waals surface area contributed by atoms with Crippen molar-refractivity contribution in [2.75, 3.05) is 11.6 Å². The van der Waals surface area contributed by atoms with Crippen molar-refractivity contribution < 1.29 is 4.79 Å². The Morgan fingerprint density at radius 2 is 1.91 bits per heavy atom. The second-order valence-corrected chi connectivity index (χ2v) is 5.75. The van der Waals surface area contributed by atoms with Gasteiger partial charge in [-0.05, 0) is 50.4 Å². The fourth-order valence-corrected chi connectivity index (χ4v) is 2.53. The number of aromatic nitrogens is 4. The van der Waals surface area contributed by atoms with Crippen LogP contribution >= 0.6 is 11.8 Å². The Hall–Kier alpha value is -2.41. The van der Waals surface area contributed by atoms with Crippen LogP contribution in [-0.2, 0) is 0 Å². The molecule has 1 aromatic carbocycles. The molecule has 0 unspecified atom stereocenters. The van der Waals surface area contributed by atoms with Gasteiger partial charge in [0.15, 0.2) is 0 Å². The molecular weight excluding hydrogens is 298 g/mol. The van der Waals surface area contributed by atoms with E-state index in [1.807, 2.05) is 50.4 Å². The van der Waals surface area contributed by atoms with Gasteiger partial charge in [0.25, 0.3) is 11.7 Å². The second kappa shape index (κ2) is 5.76. The summed E-state index contributed by atoms with van der Waals surface area (Å²) in [5.74, 6) is 0.190. The van der Waals surface area contributed by atoms with Crippen LogP contribution in [0.2, 0.25) is 0 Å².